The fourth-order valence-corrected chi connectivity index (χ4v) is 1.26. The van der Waals surface area contributed by atoms with Crippen molar-refractivity contribution in [2.45, 2.75) is 38.7 Å². The van der Waals surface area contributed by atoms with E-state index in [1.165, 1.54) is 0 Å². The Balaban J connectivity index is 3.12. The Bertz CT molecular complexity index is 175. The van der Waals surface area contributed by atoms with Crippen LogP contribution in [0.3, 0.4) is 0 Å². The van der Waals surface area contributed by atoms with Crippen molar-refractivity contribution >= 4 is 5.97 Å². The molecule has 0 radical (unpaired) electrons. The maximum Gasteiger partial charge on any atom is 0.305 e. The molecule has 0 saturated carbocycles. The van der Waals surface area contributed by atoms with Crippen molar-refractivity contribution in [2.24, 2.45) is 0 Å². The first-order valence-electron chi connectivity index (χ1n) is 5.86. The van der Waals surface area contributed by atoms with Crippen LogP contribution in [0.25, 0.3) is 0 Å². The van der Waals surface area contributed by atoms with E-state index in [1.54, 1.807) is 6.92 Å². The van der Waals surface area contributed by atoms with Crippen molar-refractivity contribution in [1.29, 1.82) is 0 Å². The molecule has 0 aromatic heterocycles. The molecule has 0 amide bonds. The highest BCUT2D eigenvalue weighted by atomic mass is 16.5. The highest BCUT2D eigenvalue weighted by Crippen LogP contribution is 2.00. The zero-order valence-corrected chi connectivity index (χ0v) is 9.95. The van der Waals surface area contributed by atoms with Gasteiger partial charge in [0.25, 0.3) is 0 Å². The van der Waals surface area contributed by atoms with E-state index in [0.29, 0.717) is 19.6 Å². The summed E-state index contributed by atoms with van der Waals surface area (Å²) in [6.07, 6.45) is 2.55. The molecule has 3 N–H and O–H groups in total. The molecule has 0 saturated heterocycles. The van der Waals surface area contributed by atoms with Crippen LogP contribution in [0.2, 0.25) is 0 Å². The molecular formula is C11H23NO4. The molecule has 5 nitrogen and oxygen atoms in total. The lowest BCUT2D eigenvalue weighted by Gasteiger charge is -2.08. The summed E-state index contributed by atoms with van der Waals surface area (Å²) in [6, 6.07) is 0. The van der Waals surface area contributed by atoms with Crippen molar-refractivity contribution in [3.8, 4) is 0 Å². The second-order valence-corrected chi connectivity index (χ2v) is 3.66. The molecular weight excluding hydrogens is 210 g/mol. The van der Waals surface area contributed by atoms with Crippen molar-refractivity contribution in [2.75, 3.05) is 26.3 Å². The van der Waals surface area contributed by atoms with Gasteiger partial charge in [0, 0.05) is 13.0 Å². The topological polar surface area (TPSA) is 78.8 Å². The number of ether oxygens (including phenoxy) is 1. The number of hydrogen-bond acceptors (Lipinski definition) is 5. The molecule has 0 bridgehead atoms. The molecule has 1 atom stereocenters. The molecule has 0 aromatic carbocycles. The van der Waals surface area contributed by atoms with E-state index < -0.39 is 6.10 Å². The van der Waals surface area contributed by atoms with E-state index in [0.717, 1.165) is 25.8 Å². The van der Waals surface area contributed by atoms with Crippen LogP contribution >= 0.6 is 0 Å². The van der Waals surface area contributed by atoms with Crippen LogP contribution in [-0.4, -0.2) is 48.6 Å². The van der Waals surface area contributed by atoms with E-state index in [4.69, 9.17) is 14.9 Å². The minimum atomic E-state index is -0.681. The number of carbonyl (C=O) groups is 1. The lowest BCUT2D eigenvalue weighted by molar-refractivity contribution is -0.143. The predicted molar refractivity (Wildman–Crippen MR) is 61.1 cm³/mol. The second kappa shape index (κ2) is 10.9. The van der Waals surface area contributed by atoms with Gasteiger partial charge in [-0.3, -0.25) is 4.79 Å². The smallest absolute Gasteiger partial charge is 0.305 e. The van der Waals surface area contributed by atoms with Gasteiger partial charge in [0.2, 0.25) is 0 Å². The highest BCUT2D eigenvalue weighted by molar-refractivity contribution is 5.69. The molecule has 0 spiro atoms. The van der Waals surface area contributed by atoms with E-state index in [1.807, 2.05) is 0 Å². The van der Waals surface area contributed by atoms with Crippen molar-refractivity contribution in [3.05, 3.63) is 0 Å². The van der Waals surface area contributed by atoms with E-state index in [-0.39, 0.29) is 12.6 Å². The molecule has 0 aromatic rings. The summed E-state index contributed by atoms with van der Waals surface area (Å²) in [5.74, 6) is -0.133. The number of aliphatic hydroxyl groups is 2. The minimum Gasteiger partial charge on any atom is -0.466 e. The molecule has 5 heteroatoms. The summed E-state index contributed by atoms with van der Waals surface area (Å²) in [5, 5.41) is 20.6. The van der Waals surface area contributed by atoms with Gasteiger partial charge in [-0.05, 0) is 26.3 Å². The van der Waals surface area contributed by atoms with E-state index in [2.05, 4.69) is 5.32 Å². The van der Waals surface area contributed by atoms with Gasteiger partial charge in [0.15, 0.2) is 0 Å². The third kappa shape index (κ3) is 9.89. The minimum absolute atomic E-state index is 0.133. The quantitative estimate of drug-likeness (QED) is 0.367. The molecule has 0 fully saturated rings. The Morgan fingerprint density at radius 2 is 2.12 bits per heavy atom. The van der Waals surface area contributed by atoms with Gasteiger partial charge in [-0.25, -0.2) is 0 Å². The van der Waals surface area contributed by atoms with Crippen molar-refractivity contribution in [1.82, 2.24) is 5.32 Å². The van der Waals surface area contributed by atoms with Gasteiger partial charge in [-0.2, -0.15) is 0 Å². The van der Waals surface area contributed by atoms with Crippen LogP contribution in [0.5, 0.6) is 0 Å². The summed E-state index contributed by atoms with van der Waals surface area (Å²) in [6.45, 7) is 3.23. The number of unbranched alkanes of at least 4 members (excludes halogenated alkanes) is 2. The van der Waals surface area contributed by atoms with Crippen LogP contribution in [0.1, 0.15) is 32.6 Å². The maximum atomic E-state index is 11.0. The standard InChI is InChI=1S/C11H23NO4/c1-2-16-11(15)6-4-3-5-7-12-8-10(14)9-13/h10,12-14H,2-9H2,1H3. The molecule has 0 aliphatic carbocycles. The Hall–Kier alpha value is -0.650. The van der Waals surface area contributed by atoms with Crippen LogP contribution < -0.4 is 5.32 Å². The summed E-state index contributed by atoms with van der Waals surface area (Å²) < 4.78 is 4.80. The van der Waals surface area contributed by atoms with Crippen LogP contribution in [0.4, 0.5) is 0 Å². The molecule has 0 aliphatic heterocycles. The molecule has 0 aliphatic rings. The number of hydrogen-bond donors (Lipinski definition) is 3. The third-order valence-corrected chi connectivity index (χ3v) is 2.13. The SMILES string of the molecule is CCOC(=O)CCCCCNCC(O)CO. The van der Waals surface area contributed by atoms with Crippen molar-refractivity contribution < 1.29 is 19.7 Å². The Labute approximate surface area is 96.8 Å². The van der Waals surface area contributed by atoms with Gasteiger partial charge in [-0.15, -0.1) is 0 Å². The average Bonchev–Trinajstić information content (AvgIpc) is 2.27. The number of rotatable bonds is 10. The van der Waals surface area contributed by atoms with Gasteiger partial charge in [0.1, 0.15) is 0 Å². The lowest BCUT2D eigenvalue weighted by Crippen LogP contribution is -2.29. The predicted octanol–water partition coefficient (Wildman–Crippen LogP) is 0.0527. The van der Waals surface area contributed by atoms with Crippen LogP contribution in [-0.2, 0) is 9.53 Å². The Kier molecular flexibility index (Phi) is 10.4. The zero-order valence-electron chi connectivity index (χ0n) is 9.95. The number of aliphatic hydroxyl groups excluding tert-OH is 2. The number of esters is 1. The van der Waals surface area contributed by atoms with Crippen LogP contribution in [0, 0.1) is 0 Å². The largest absolute Gasteiger partial charge is 0.466 e. The van der Waals surface area contributed by atoms with Crippen molar-refractivity contribution in [3.63, 3.8) is 0 Å². The van der Waals surface area contributed by atoms with E-state index >= 15 is 0 Å². The number of nitrogens with one attached hydrogen (secondary N) is 1. The fraction of sp³-hybridized carbons (Fsp3) is 0.909. The first-order valence-corrected chi connectivity index (χ1v) is 5.86. The molecule has 1 unspecified atom stereocenters. The van der Waals surface area contributed by atoms with Gasteiger partial charge >= 0.3 is 5.97 Å². The average molecular weight is 233 g/mol. The summed E-state index contributed by atoms with van der Waals surface area (Å²) in [7, 11) is 0. The normalized spacial score (nSPS) is 12.4. The summed E-state index contributed by atoms with van der Waals surface area (Å²) in [5.41, 5.74) is 0. The maximum absolute atomic E-state index is 11.0. The molecule has 16 heavy (non-hydrogen) atoms. The van der Waals surface area contributed by atoms with Crippen LogP contribution in [0.15, 0.2) is 0 Å². The zero-order chi connectivity index (χ0) is 12.2. The molecule has 0 rings (SSSR count). The first kappa shape index (κ1) is 15.3. The highest BCUT2D eigenvalue weighted by Gasteiger charge is 2.01. The monoisotopic (exact) mass is 233 g/mol. The van der Waals surface area contributed by atoms with Gasteiger partial charge in [-0.1, -0.05) is 6.42 Å². The number of carbonyl (C=O) groups excluding carboxylic acids is 1. The molecule has 96 valence electrons. The fourth-order valence-electron chi connectivity index (χ4n) is 1.26. The first-order chi connectivity index (χ1) is 7.70. The van der Waals surface area contributed by atoms with Gasteiger partial charge < -0.3 is 20.3 Å². The molecule has 0 heterocycles. The Morgan fingerprint density at radius 1 is 1.38 bits per heavy atom. The third-order valence-electron chi connectivity index (χ3n) is 2.13. The second-order valence-electron chi connectivity index (χ2n) is 3.66. The summed E-state index contributed by atoms with van der Waals surface area (Å²) in [4.78, 5) is 11.0. The van der Waals surface area contributed by atoms with Gasteiger partial charge in [0.05, 0.1) is 19.3 Å². The lowest BCUT2D eigenvalue weighted by atomic mass is 10.2. The summed E-state index contributed by atoms with van der Waals surface area (Å²) >= 11 is 0. The Morgan fingerprint density at radius 3 is 2.75 bits per heavy atom. The van der Waals surface area contributed by atoms with E-state index in [9.17, 15) is 4.79 Å².